The highest BCUT2D eigenvalue weighted by Gasteiger charge is 2.18. The Labute approximate surface area is 148 Å². The van der Waals surface area contributed by atoms with Crippen LogP contribution in [0.25, 0.3) is 0 Å². The van der Waals surface area contributed by atoms with Crippen LogP contribution < -0.4 is 10.6 Å². The summed E-state index contributed by atoms with van der Waals surface area (Å²) in [6, 6.07) is 13.4. The number of anilines is 1. The van der Waals surface area contributed by atoms with Gasteiger partial charge in [0.2, 0.25) is 0 Å². The van der Waals surface area contributed by atoms with Crippen LogP contribution in [-0.2, 0) is 14.3 Å². The Morgan fingerprint density at radius 3 is 2.24 bits per heavy atom. The van der Waals surface area contributed by atoms with Gasteiger partial charge >= 0.3 is 11.8 Å². The van der Waals surface area contributed by atoms with Crippen LogP contribution in [0.2, 0.25) is 0 Å². The smallest absolute Gasteiger partial charge is 0.313 e. The molecule has 2 aromatic rings. The molecule has 5 heteroatoms. The average Bonchev–Trinajstić information content (AvgIpc) is 2.55. The van der Waals surface area contributed by atoms with Crippen LogP contribution in [0.1, 0.15) is 28.4 Å². The summed E-state index contributed by atoms with van der Waals surface area (Å²) in [5.41, 5.74) is 4.72. The number of carbonyl (C=O) groups is 2. The maximum atomic E-state index is 12.1. The van der Waals surface area contributed by atoms with Gasteiger partial charge in [-0.25, -0.2) is 0 Å². The lowest BCUT2D eigenvalue weighted by Gasteiger charge is -2.18. The third-order valence-corrected chi connectivity index (χ3v) is 3.95. The van der Waals surface area contributed by atoms with Crippen molar-refractivity contribution in [2.24, 2.45) is 0 Å². The molecule has 1 atom stereocenters. The molecule has 0 unspecified atom stereocenters. The van der Waals surface area contributed by atoms with E-state index in [0.29, 0.717) is 5.69 Å². The number of amides is 2. The third kappa shape index (κ3) is 5.16. The van der Waals surface area contributed by atoms with E-state index >= 15 is 0 Å². The van der Waals surface area contributed by atoms with Gasteiger partial charge in [-0.2, -0.15) is 0 Å². The Bertz CT molecular complexity index is 751. The highest BCUT2D eigenvalue weighted by atomic mass is 16.5. The zero-order valence-electron chi connectivity index (χ0n) is 15.1. The fraction of sp³-hybridized carbons (Fsp3) is 0.300. The molecule has 0 aliphatic rings. The summed E-state index contributed by atoms with van der Waals surface area (Å²) >= 11 is 0. The van der Waals surface area contributed by atoms with Crippen molar-refractivity contribution in [3.8, 4) is 0 Å². The molecule has 2 N–H and O–H groups in total. The molecular formula is C20H24N2O3. The lowest BCUT2D eigenvalue weighted by Crippen LogP contribution is -2.38. The van der Waals surface area contributed by atoms with Gasteiger partial charge in [-0.1, -0.05) is 30.3 Å². The van der Waals surface area contributed by atoms with Crippen molar-refractivity contribution in [3.05, 3.63) is 64.7 Å². The monoisotopic (exact) mass is 340 g/mol. The van der Waals surface area contributed by atoms with E-state index in [4.69, 9.17) is 4.74 Å². The summed E-state index contributed by atoms with van der Waals surface area (Å²) in [7, 11) is 1.58. The van der Waals surface area contributed by atoms with Gasteiger partial charge in [0.15, 0.2) is 0 Å². The van der Waals surface area contributed by atoms with Gasteiger partial charge in [-0.15, -0.1) is 0 Å². The highest BCUT2D eigenvalue weighted by Crippen LogP contribution is 2.19. The van der Waals surface area contributed by atoms with Gasteiger partial charge in [0.25, 0.3) is 0 Å². The van der Waals surface area contributed by atoms with E-state index in [9.17, 15) is 9.59 Å². The minimum atomic E-state index is -0.690. The van der Waals surface area contributed by atoms with E-state index in [2.05, 4.69) is 10.6 Å². The molecule has 0 saturated carbocycles. The Morgan fingerprint density at radius 2 is 1.64 bits per heavy atom. The first-order valence-corrected chi connectivity index (χ1v) is 8.16. The van der Waals surface area contributed by atoms with Gasteiger partial charge in [-0.3, -0.25) is 9.59 Å². The van der Waals surface area contributed by atoms with Gasteiger partial charge in [0, 0.05) is 19.3 Å². The lowest BCUT2D eigenvalue weighted by molar-refractivity contribution is -0.136. The molecule has 5 nitrogen and oxygen atoms in total. The third-order valence-electron chi connectivity index (χ3n) is 3.95. The number of ether oxygens (including phenoxy) is 1. The summed E-state index contributed by atoms with van der Waals surface area (Å²) in [5, 5.41) is 5.26. The average molecular weight is 340 g/mol. The molecule has 2 amide bonds. The highest BCUT2D eigenvalue weighted by molar-refractivity contribution is 6.39. The van der Waals surface area contributed by atoms with Gasteiger partial charge in [-0.05, 0) is 55.2 Å². The number of carbonyl (C=O) groups excluding carboxylic acids is 2. The largest absolute Gasteiger partial charge is 0.375 e. The molecule has 0 radical (unpaired) electrons. The maximum Gasteiger partial charge on any atom is 0.313 e. The molecule has 0 heterocycles. The Morgan fingerprint density at radius 1 is 1.00 bits per heavy atom. The lowest BCUT2D eigenvalue weighted by atomic mass is 10.0. The predicted octanol–water partition coefficient (Wildman–Crippen LogP) is 3.05. The summed E-state index contributed by atoms with van der Waals surface area (Å²) in [4.78, 5) is 24.2. The van der Waals surface area contributed by atoms with E-state index in [0.717, 1.165) is 22.3 Å². The van der Waals surface area contributed by atoms with Gasteiger partial charge in [0.1, 0.15) is 0 Å². The number of methoxy groups -OCH3 is 1. The molecule has 2 aromatic carbocycles. The van der Waals surface area contributed by atoms with E-state index < -0.39 is 11.8 Å². The number of benzene rings is 2. The first-order valence-electron chi connectivity index (χ1n) is 8.16. The Balaban J connectivity index is 1.96. The van der Waals surface area contributed by atoms with Crippen molar-refractivity contribution in [3.63, 3.8) is 0 Å². The van der Waals surface area contributed by atoms with Crippen LogP contribution in [0, 0.1) is 20.8 Å². The molecule has 0 aliphatic heterocycles. The quantitative estimate of drug-likeness (QED) is 0.822. The van der Waals surface area contributed by atoms with Crippen LogP contribution in [0.15, 0.2) is 42.5 Å². The summed E-state index contributed by atoms with van der Waals surface area (Å²) in [6.07, 6.45) is -0.306. The number of rotatable bonds is 5. The van der Waals surface area contributed by atoms with Crippen molar-refractivity contribution in [2.75, 3.05) is 19.0 Å². The fourth-order valence-corrected chi connectivity index (χ4v) is 2.77. The predicted molar refractivity (Wildman–Crippen MR) is 98.5 cm³/mol. The molecule has 132 valence electrons. The number of aryl methyl sites for hydroxylation is 3. The molecule has 2 rings (SSSR count). The minimum Gasteiger partial charge on any atom is -0.375 e. The molecule has 0 aliphatic carbocycles. The second-order valence-electron chi connectivity index (χ2n) is 6.12. The van der Waals surface area contributed by atoms with Crippen LogP contribution in [0.4, 0.5) is 5.69 Å². The number of hydrogen-bond acceptors (Lipinski definition) is 3. The second-order valence-corrected chi connectivity index (χ2v) is 6.12. The minimum absolute atomic E-state index is 0.223. The second kappa shape index (κ2) is 8.44. The normalized spacial score (nSPS) is 11.7. The number of hydrogen-bond donors (Lipinski definition) is 2. The summed E-state index contributed by atoms with van der Waals surface area (Å²) < 4.78 is 5.45. The summed E-state index contributed by atoms with van der Waals surface area (Å²) in [5.74, 6) is -1.38. The van der Waals surface area contributed by atoms with E-state index in [1.807, 2.05) is 63.2 Å². The van der Waals surface area contributed by atoms with Crippen LogP contribution in [0.5, 0.6) is 0 Å². The van der Waals surface area contributed by atoms with Gasteiger partial charge in [0.05, 0.1) is 6.10 Å². The van der Waals surface area contributed by atoms with Crippen LogP contribution >= 0.6 is 0 Å². The van der Waals surface area contributed by atoms with Crippen LogP contribution in [0.3, 0.4) is 0 Å². The van der Waals surface area contributed by atoms with Crippen molar-refractivity contribution in [1.29, 1.82) is 0 Å². The molecule has 0 spiro atoms. The molecule has 25 heavy (non-hydrogen) atoms. The Kier molecular flexibility index (Phi) is 6.31. The van der Waals surface area contributed by atoms with E-state index in [1.54, 1.807) is 7.11 Å². The van der Waals surface area contributed by atoms with Gasteiger partial charge < -0.3 is 15.4 Å². The SMILES string of the molecule is CO[C@@H](CNC(=O)C(=O)Nc1cc(C)cc(C)c1)c1ccccc1C. The fourth-order valence-electron chi connectivity index (χ4n) is 2.77. The zero-order chi connectivity index (χ0) is 18.4. The Hall–Kier alpha value is -2.66. The zero-order valence-corrected chi connectivity index (χ0v) is 15.1. The van der Waals surface area contributed by atoms with Crippen molar-refractivity contribution in [1.82, 2.24) is 5.32 Å². The number of nitrogens with one attached hydrogen (secondary N) is 2. The molecule has 0 aromatic heterocycles. The first kappa shape index (κ1) is 18.7. The maximum absolute atomic E-state index is 12.1. The standard InChI is InChI=1S/C20H24N2O3/c1-13-9-14(2)11-16(10-13)22-20(24)19(23)21-12-18(25-4)17-8-6-5-7-15(17)3/h5-11,18H,12H2,1-4H3,(H,21,23)(H,22,24)/t18-/m0/s1. The van der Waals surface area contributed by atoms with E-state index in [-0.39, 0.29) is 12.6 Å². The topological polar surface area (TPSA) is 67.4 Å². The van der Waals surface area contributed by atoms with E-state index in [1.165, 1.54) is 0 Å². The molecular weight excluding hydrogens is 316 g/mol. The first-order chi connectivity index (χ1) is 11.9. The molecule has 0 bridgehead atoms. The molecule has 0 saturated heterocycles. The van der Waals surface area contributed by atoms with Crippen molar-refractivity contribution >= 4 is 17.5 Å². The molecule has 0 fully saturated rings. The van der Waals surface area contributed by atoms with Crippen molar-refractivity contribution < 1.29 is 14.3 Å². The van der Waals surface area contributed by atoms with Crippen LogP contribution in [-0.4, -0.2) is 25.5 Å². The summed E-state index contributed by atoms with van der Waals surface area (Å²) in [6.45, 7) is 6.08. The van der Waals surface area contributed by atoms with Crippen molar-refractivity contribution in [2.45, 2.75) is 26.9 Å².